The van der Waals surface area contributed by atoms with Crippen molar-refractivity contribution < 1.29 is 14.3 Å². The van der Waals surface area contributed by atoms with Crippen molar-refractivity contribution in [3.8, 4) is 5.75 Å². The minimum absolute atomic E-state index is 0.0708. The zero-order valence-electron chi connectivity index (χ0n) is 20.9. The van der Waals surface area contributed by atoms with E-state index in [1.807, 2.05) is 53.4 Å². The lowest BCUT2D eigenvalue weighted by Crippen LogP contribution is -2.41. The third-order valence-corrected chi connectivity index (χ3v) is 8.44. The van der Waals surface area contributed by atoms with Crippen LogP contribution in [0.4, 0.5) is 0 Å². The zero-order valence-corrected chi connectivity index (χ0v) is 21.7. The van der Waals surface area contributed by atoms with Crippen LogP contribution in [0.3, 0.4) is 0 Å². The van der Waals surface area contributed by atoms with Gasteiger partial charge in [-0.05, 0) is 79.7 Å². The Morgan fingerprint density at radius 2 is 1.78 bits per heavy atom. The average molecular weight is 506 g/mol. The third kappa shape index (κ3) is 6.39. The van der Waals surface area contributed by atoms with Crippen molar-refractivity contribution in [2.24, 2.45) is 17.8 Å². The Hall–Kier alpha value is -2.59. The minimum atomic E-state index is 0.0708. The van der Waals surface area contributed by atoms with Gasteiger partial charge in [0, 0.05) is 49.4 Å². The number of carbonyl (C=O) groups is 2. The lowest BCUT2D eigenvalue weighted by Gasteiger charge is -2.32. The second kappa shape index (κ2) is 11.6. The van der Waals surface area contributed by atoms with Crippen molar-refractivity contribution in [3.05, 3.63) is 76.8 Å². The highest BCUT2D eigenvalue weighted by Gasteiger charge is 2.35. The molecule has 5 rings (SSSR count). The average Bonchev–Trinajstić information content (AvgIpc) is 3.52. The molecule has 2 aliphatic carbocycles. The number of carbonyl (C=O) groups excluding carboxylic acids is 2. The molecule has 4 nitrogen and oxygen atoms in total. The molecule has 0 spiro atoms. The molecule has 2 aromatic rings. The van der Waals surface area contributed by atoms with Crippen molar-refractivity contribution in [3.63, 3.8) is 0 Å². The number of aryl methyl sites for hydroxylation is 1. The van der Waals surface area contributed by atoms with Crippen LogP contribution in [-0.2, 0) is 11.2 Å². The molecule has 0 N–H and O–H groups in total. The molecule has 190 valence electrons. The Morgan fingerprint density at radius 3 is 2.50 bits per heavy atom. The highest BCUT2D eigenvalue weighted by molar-refractivity contribution is 6.30. The summed E-state index contributed by atoms with van der Waals surface area (Å²) in [5.74, 6) is 3.48. The largest absolute Gasteiger partial charge is 0.490 e. The lowest BCUT2D eigenvalue weighted by molar-refractivity contribution is -0.132. The maximum Gasteiger partial charge on any atom is 0.222 e. The van der Waals surface area contributed by atoms with Gasteiger partial charge in [0.05, 0.1) is 0 Å². The maximum atomic E-state index is 12.8. The Labute approximate surface area is 219 Å². The molecule has 3 atom stereocenters. The molecule has 1 amide bonds. The van der Waals surface area contributed by atoms with Crippen molar-refractivity contribution >= 4 is 23.3 Å². The van der Waals surface area contributed by atoms with E-state index in [9.17, 15) is 9.59 Å². The maximum absolute atomic E-state index is 12.8. The summed E-state index contributed by atoms with van der Waals surface area (Å²) in [5.41, 5.74) is 1.87. The van der Waals surface area contributed by atoms with Gasteiger partial charge >= 0.3 is 0 Å². The topological polar surface area (TPSA) is 46.6 Å². The minimum Gasteiger partial charge on any atom is -0.490 e. The number of amides is 1. The number of benzene rings is 2. The molecular formula is C31H36ClNO3. The van der Waals surface area contributed by atoms with Gasteiger partial charge in [-0.1, -0.05) is 48.0 Å². The van der Waals surface area contributed by atoms with E-state index < -0.39 is 0 Å². The van der Waals surface area contributed by atoms with Crippen molar-refractivity contribution in [2.45, 2.75) is 63.9 Å². The zero-order chi connectivity index (χ0) is 24.9. The van der Waals surface area contributed by atoms with Crippen LogP contribution in [-0.4, -0.2) is 35.8 Å². The highest BCUT2D eigenvalue weighted by Crippen LogP contribution is 2.45. The van der Waals surface area contributed by atoms with E-state index in [0.717, 1.165) is 66.7 Å². The Balaban J connectivity index is 1.03. The van der Waals surface area contributed by atoms with Crippen molar-refractivity contribution in [1.29, 1.82) is 0 Å². The van der Waals surface area contributed by atoms with E-state index in [-0.39, 0.29) is 17.8 Å². The number of Topliss-reactive ketones (excluding diaryl/α,β-unsaturated/α-hetero) is 1. The summed E-state index contributed by atoms with van der Waals surface area (Å²) in [6.07, 6.45) is 13.1. The molecule has 2 fully saturated rings. The van der Waals surface area contributed by atoms with Gasteiger partial charge in [-0.2, -0.15) is 0 Å². The predicted molar refractivity (Wildman–Crippen MR) is 143 cm³/mol. The number of fused-ring (bicyclic) bond motifs is 2. The molecule has 2 aromatic carbocycles. The second-order valence-electron chi connectivity index (χ2n) is 10.7. The summed E-state index contributed by atoms with van der Waals surface area (Å²) >= 11 is 5.94. The van der Waals surface area contributed by atoms with Gasteiger partial charge in [-0.15, -0.1) is 0 Å². The first-order valence-corrected chi connectivity index (χ1v) is 13.9. The summed E-state index contributed by atoms with van der Waals surface area (Å²) in [5, 5.41) is 0.714. The first-order valence-electron chi connectivity index (χ1n) is 13.5. The smallest absolute Gasteiger partial charge is 0.222 e. The monoisotopic (exact) mass is 505 g/mol. The molecule has 0 radical (unpaired) electrons. The number of rotatable bonds is 10. The first-order chi connectivity index (χ1) is 17.5. The number of halogens is 1. The molecule has 3 unspecified atom stereocenters. The highest BCUT2D eigenvalue weighted by atomic mass is 35.5. The van der Waals surface area contributed by atoms with E-state index in [2.05, 4.69) is 12.2 Å². The summed E-state index contributed by atoms with van der Waals surface area (Å²) in [4.78, 5) is 27.4. The number of likely N-dealkylation sites (tertiary alicyclic amines) is 1. The van der Waals surface area contributed by atoms with E-state index in [1.165, 1.54) is 12.8 Å². The molecule has 1 saturated carbocycles. The van der Waals surface area contributed by atoms with E-state index in [4.69, 9.17) is 16.3 Å². The summed E-state index contributed by atoms with van der Waals surface area (Å²) in [7, 11) is 0. The van der Waals surface area contributed by atoms with Crippen LogP contribution in [0.25, 0.3) is 0 Å². The Morgan fingerprint density at radius 1 is 0.972 bits per heavy atom. The Bertz CT molecular complexity index is 1090. The number of hydrogen-bond donors (Lipinski definition) is 0. The lowest BCUT2D eigenvalue weighted by atomic mass is 9.88. The molecule has 2 bridgehead atoms. The first kappa shape index (κ1) is 25.1. The van der Waals surface area contributed by atoms with Crippen molar-refractivity contribution in [2.75, 3.05) is 13.1 Å². The van der Waals surface area contributed by atoms with Gasteiger partial charge in [-0.25, -0.2) is 0 Å². The number of allylic oxidation sites excluding steroid dienone is 2. The molecule has 0 aromatic heterocycles. The molecule has 36 heavy (non-hydrogen) atoms. The van der Waals surface area contributed by atoms with Crippen LogP contribution in [0.2, 0.25) is 5.02 Å². The normalized spacial score (nSPS) is 23.2. The fourth-order valence-electron chi connectivity index (χ4n) is 6.11. The number of hydrogen-bond acceptors (Lipinski definition) is 3. The quantitative estimate of drug-likeness (QED) is 0.260. The van der Waals surface area contributed by atoms with Crippen LogP contribution in [0.1, 0.15) is 67.3 Å². The predicted octanol–water partition coefficient (Wildman–Crippen LogP) is 6.91. The van der Waals surface area contributed by atoms with E-state index in [1.54, 1.807) is 0 Å². The Kier molecular flexibility index (Phi) is 8.11. The van der Waals surface area contributed by atoms with Gasteiger partial charge in [0.1, 0.15) is 11.9 Å². The molecule has 1 saturated heterocycles. The van der Waals surface area contributed by atoms with Gasteiger partial charge in [-0.3, -0.25) is 9.59 Å². The molecule has 1 aliphatic heterocycles. The van der Waals surface area contributed by atoms with Gasteiger partial charge in [0.25, 0.3) is 0 Å². The molecule has 3 aliphatic rings. The van der Waals surface area contributed by atoms with Crippen LogP contribution in [0.5, 0.6) is 5.75 Å². The fourth-order valence-corrected chi connectivity index (χ4v) is 6.24. The summed E-state index contributed by atoms with van der Waals surface area (Å²) < 4.78 is 6.22. The van der Waals surface area contributed by atoms with Gasteiger partial charge in [0.2, 0.25) is 5.91 Å². The SMILES string of the molecule is O=C(CCCC1CC2C=CC1C2)c1cccc(OC2CCN(C(=O)CCc3ccc(Cl)cc3)CC2)c1. The fraction of sp³-hybridized carbons (Fsp3) is 0.484. The second-order valence-corrected chi connectivity index (χ2v) is 11.1. The molecule has 1 heterocycles. The number of ether oxygens (including phenoxy) is 1. The van der Waals surface area contributed by atoms with Crippen molar-refractivity contribution in [1.82, 2.24) is 4.90 Å². The molecular weight excluding hydrogens is 470 g/mol. The van der Waals surface area contributed by atoms with Crippen LogP contribution in [0.15, 0.2) is 60.7 Å². The van der Waals surface area contributed by atoms with Crippen LogP contribution >= 0.6 is 11.6 Å². The van der Waals surface area contributed by atoms with E-state index >= 15 is 0 Å². The number of nitrogens with zero attached hydrogens (tertiary/aromatic N) is 1. The van der Waals surface area contributed by atoms with Gasteiger partial charge in [0.15, 0.2) is 5.78 Å². The van der Waals surface area contributed by atoms with Crippen LogP contribution in [0, 0.1) is 17.8 Å². The van der Waals surface area contributed by atoms with Gasteiger partial charge < -0.3 is 9.64 Å². The van der Waals surface area contributed by atoms with Crippen LogP contribution < -0.4 is 4.74 Å². The summed E-state index contributed by atoms with van der Waals surface area (Å²) in [6.45, 7) is 1.42. The molecule has 5 heteroatoms. The third-order valence-electron chi connectivity index (χ3n) is 8.19. The summed E-state index contributed by atoms with van der Waals surface area (Å²) in [6, 6.07) is 15.3. The van der Waals surface area contributed by atoms with E-state index in [0.29, 0.717) is 31.0 Å². The number of ketones is 1. The standard InChI is InChI=1S/C31H36ClNO3/c32-27-12-8-22(9-13-27)10-14-31(35)33-17-15-28(16-18-33)36-29-5-1-4-26(21-29)30(34)6-2-3-24-19-23-7-11-25(24)20-23/h1,4-5,7-9,11-13,21,23-25,28H,2-3,6,10,14-20H2. The number of piperidine rings is 1.